The van der Waals surface area contributed by atoms with Crippen LogP contribution in [-0.4, -0.2) is 56.3 Å². The van der Waals surface area contributed by atoms with E-state index in [4.69, 9.17) is 14.2 Å². The molecule has 2 aliphatic rings. The van der Waals surface area contributed by atoms with Crippen LogP contribution in [0.25, 0.3) is 10.9 Å². The minimum Gasteiger partial charge on any atom is -0.488 e. The topological polar surface area (TPSA) is 90.0 Å². The molecule has 168 valence electrons. The van der Waals surface area contributed by atoms with Crippen LogP contribution in [0.3, 0.4) is 0 Å². The monoisotopic (exact) mass is 472 g/mol. The largest absolute Gasteiger partial charge is 0.488 e. The van der Waals surface area contributed by atoms with Crippen LogP contribution in [0.2, 0.25) is 0 Å². The molecular weight excluding hydrogens is 448 g/mol. The van der Waals surface area contributed by atoms with Crippen LogP contribution in [0.15, 0.2) is 52.4 Å². The zero-order valence-corrected chi connectivity index (χ0v) is 19.3. The molecule has 5 rings (SSSR count). The van der Waals surface area contributed by atoms with Crippen LogP contribution >= 0.6 is 11.8 Å². The van der Waals surface area contributed by atoms with Crippen molar-refractivity contribution >= 4 is 37.5 Å². The van der Waals surface area contributed by atoms with Crippen molar-refractivity contribution in [3.63, 3.8) is 0 Å². The second-order valence-electron chi connectivity index (χ2n) is 7.88. The number of nitrogens with one attached hydrogen (secondary N) is 1. The standard InChI is InChI=1S/C23H24N2O5S2/c1-32(26,27)19-4-2-16(3-5-19)29-18-12-15-13-20(23-24-8-11-31-23)25-22(15)21(14-18)30-17-6-9-28-10-7-17/h2-5,12-14,17,25H,6-11H2,1H3. The highest BCUT2D eigenvalue weighted by Gasteiger charge is 2.20. The quantitative estimate of drug-likeness (QED) is 0.571. The molecule has 0 amide bonds. The summed E-state index contributed by atoms with van der Waals surface area (Å²) >= 11 is 1.74. The van der Waals surface area contributed by atoms with Gasteiger partial charge in [-0.15, -0.1) is 11.8 Å². The second kappa shape index (κ2) is 8.80. The second-order valence-corrected chi connectivity index (χ2v) is 11.0. The van der Waals surface area contributed by atoms with Gasteiger partial charge in [0, 0.05) is 42.8 Å². The third-order valence-electron chi connectivity index (χ3n) is 5.43. The Labute approximate surface area is 191 Å². The number of ether oxygens (including phenoxy) is 3. The number of hydrogen-bond donors (Lipinski definition) is 1. The summed E-state index contributed by atoms with van der Waals surface area (Å²) in [4.78, 5) is 8.31. The number of aromatic nitrogens is 1. The summed E-state index contributed by atoms with van der Waals surface area (Å²) in [5.74, 6) is 2.90. The molecule has 9 heteroatoms. The molecule has 0 atom stereocenters. The smallest absolute Gasteiger partial charge is 0.175 e. The predicted octanol–water partition coefficient (Wildman–Crippen LogP) is 4.41. The summed E-state index contributed by atoms with van der Waals surface area (Å²) in [5, 5.41) is 1.99. The van der Waals surface area contributed by atoms with Gasteiger partial charge in [-0.2, -0.15) is 0 Å². The fourth-order valence-corrected chi connectivity index (χ4v) is 5.27. The Bertz CT molecular complexity index is 1260. The molecule has 32 heavy (non-hydrogen) atoms. The molecule has 0 bridgehead atoms. The van der Waals surface area contributed by atoms with Gasteiger partial charge in [-0.1, -0.05) is 0 Å². The van der Waals surface area contributed by atoms with E-state index in [1.165, 1.54) is 6.26 Å². The lowest BCUT2D eigenvalue weighted by molar-refractivity contribution is 0.0260. The number of hydrogen-bond acceptors (Lipinski definition) is 7. The van der Waals surface area contributed by atoms with Gasteiger partial charge in [0.2, 0.25) is 0 Å². The van der Waals surface area contributed by atoms with E-state index in [2.05, 4.69) is 16.0 Å². The Morgan fingerprint density at radius 1 is 1.09 bits per heavy atom. The minimum absolute atomic E-state index is 0.0844. The fraction of sp³-hybridized carbons (Fsp3) is 0.348. The number of rotatable bonds is 6. The van der Waals surface area contributed by atoms with Crippen LogP contribution in [0.5, 0.6) is 17.2 Å². The molecule has 3 aromatic rings. The lowest BCUT2D eigenvalue weighted by atomic mass is 10.1. The summed E-state index contributed by atoms with van der Waals surface area (Å²) in [6.45, 7) is 2.22. The number of aliphatic imine (C=N–C) groups is 1. The molecule has 0 spiro atoms. The van der Waals surface area contributed by atoms with Crippen molar-refractivity contribution in [1.29, 1.82) is 0 Å². The van der Waals surface area contributed by atoms with Gasteiger partial charge in [-0.25, -0.2) is 8.42 Å². The van der Waals surface area contributed by atoms with Crippen molar-refractivity contribution < 1.29 is 22.6 Å². The molecular formula is C23H24N2O5S2. The number of fused-ring (bicyclic) bond motifs is 1. The molecule has 3 heterocycles. The average Bonchev–Trinajstić information content (AvgIpc) is 3.44. The molecule has 0 radical (unpaired) electrons. The molecule has 2 aliphatic heterocycles. The molecule has 1 fully saturated rings. The van der Waals surface area contributed by atoms with Crippen LogP contribution in [0.1, 0.15) is 18.5 Å². The highest BCUT2D eigenvalue weighted by atomic mass is 32.2. The molecule has 7 nitrogen and oxygen atoms in total. The van der Waals surface area contributed by atoms with E-state index in [0.29, 0.717) is 24.7 Å². The number of benzene rings is 2. The first-order valence-electron chi connectivity index (χ1n) is 10.5. The third-order valence-corrected chi connectivity index (χ3v) is 7.57. The van der Waals surface area contributed by atoms with Crippen molar-refractivity contribution in [3.05, 3.63) is 48.2 Å². The zero-order chi connectivity index (χ0) is 22.1. The van der Waals surface area contributed by atoms with Gasteiger partial charge < -0.3 is 19.2 Å². The van der Waals surface area contributed by atoms with Crippen molar-refractivity contribution in [1.82, 2.24) is 4.98 Å². The van der Waals surface area contributed by atoms with Gasteiger partial charge in [0.1, 0.15) is 28.4 Å². The lowest BCUT2D eigenvalue weighted by Crippen LogP contribution is -2.25. The maximum absolute atomic E-state index is 11.7. The van der Waals surface area contributed by atoms with Gasteiger partial charge >= 0.3 is 0 Å². The molecule has 1 saturated heterocycles. The maximum atomic E-state index is 11.7. The number of thioether (sulfide) groups is 1. The van der Waals surface area contributed by atoms with Crippen LogP contribution < -0.4 is 9.47 Å². The van der Waals surface area contributed by atoms with E-state index in [9.17, 15) is 8.42 Å². The van der Waals surface area contributed by atoms with Crippen molar-refractivity contribution in [2.75, 3.05) is 31.8 Å². The van der Waals surface area contributed by atoms with Gasteiger partial charge in [-0.05, 0) is 36.4 Å². The van der Waals surface area contributed by atoms with Crippen molar-refractivity contribution in [3.8, 4) is 17.2 Å². The SMILES string of the molecule is CS(=O)(=O)c1ccc(Oc2cc(OC3CCOCC3)c3[nH]c(C4=NCCS4)cc3c2)cc1. The van der Waals surface area contributed by atoms with E-state index in [-0.39, 0.29) is 11.0 Å². The molecule has 0 saturated carbocycles. The minimum atomic E-state index is -3.25. The average molecular weight is 473 g/mol. The predicted molar refractivity (Wildman–Crippen MR) is 126 cm³/mol. The Hall–Kier alpha value is -2.49. The first-order chi connectivity index (χ1) is 15.5. The fourth-order valence-electron chi connectivity index (χ4n) is 3.81. The van der Waals surface area contributed by atoms with E-state index in [1.807, 2.05) is 12.1 Å². The Kier molecular flexibility index (Phi) is 5.88. The first-order valence-corrected chi connectivity index (χ1v) is 13.4. The molecule has 0 unspecified atom stereocenters. The lowest BCUT2D eigenvalue weighted by Gasteiger charge is -2.24. The normalized spacial score (nSPS) is 17.5. The molecule has 2 aromatic carbocycles. The van der Waals surface area contributed by atoms with Crippen LogP contribution in [0, 0.1) is 0 Å². The number of nitrogens with zero attached hydrogens (tertiary/aromatic N) is 1. The van der Waals surface area contributed by atoms with Crippen LogP contribution in [0.4, 0.5) is 0 Å². The molecule has 1 N–H and O–H groups in total. The zero-order valence-electron chi connectivity index (χ0n) is 17.7. The van der Waals surface area contributed by atoms with Crippen molar-refractivity contribution in [2.24, 2.45) is 4.99 Å². The summed E-state index contributed by atoms with van der Waals surface area (Å²) < 4.78 is 41.3. The van der Waals surface area contributed by atoms with E-state index in [0.717, 1.165) is 52.5 Å². The summed E-state index contributed by atoms with van der Waals surface area (Å²) in [6, 6.07) is 12.3. The number of sulfone groups is 1. The van der Waals surface area contributed by atoms with Gasteiger partial charge in [-0.3, -0.25) is 4.99 Å². The summed E-state index contributed by atoms with van der Waals surface area (Å²) in [6.07, 6.45) is 2.96. The van der Waals surface area contributed by atoms with E-state index >= 15 is 0 Å². The first kappa shape index (κ1) is 21.4. The van der Waals surface area contributed by atoms with E-state index < -0.39 is 9.84 Å². The van der Waals surface area contributed by atoms with Crippen molar-refractivity contribution in [2.45, 2.75) is 23.8 Å². The third kappa shape index (κ3) is 4.65. The Balaban J connectivity index is 1.49. The Morgan fingerprint density at radius 2 is 1.88 bits per heavy atom. The van der Waals surface area contributed by atoms with Gasteiger partial charge in [0.25, 0.3) is 0 Å². The summed E-state index contributed by atoms with van der Waals surface area (Å²) in [5.41, 5.74) is 1.90. The maximum Gasteiger partial charge on any atom is 0.175 e. The van der Waals surface area contributed by atoms with Crippen LogP contribution in [-0.2, 0) is 14.6 Å². The number of aromatic amines is 1. The number of H-pyrrole nitrogens is 1. The van der Waals surface area contributed by atoms with E-state index in [1.54, 1.807) is 36.0 Å². The molecule has 0 aliphatic carbocycles. The highest BCUT2D eigenvalue weighted by Crippen LogP contribution is 2.36. The highest BCUT2D eigenvalue weighted by molar-refractivity contribution is 8.14. The molecule has 1 aromatic heterocycles. The van der Waals surface area contributed by atoms with Gasteiger partial charge in [0.05, 0.1) is 29.3 Å². The Morgan fingerprint density at radius 3 is 2.56 bits per heavy atom. The van der Waals surface area contributed by atoms with Gasteiger partial charge in [0.15, 0.2) is 9.84 Å². The summed E-state index contributed by atoms with van der Waals surface area (Å²) in [7, 11) is -3.25.